The van der Waals surface area contributed by atoms with Crippen LogP contribution < -0.4 is 5.32 Å². The number of hydrogen-bond acceptors (Lipinski definition) is 9. The summed E-state index contributed by atoms with van der Waals surface area (Å²) in [5.74, 6) is -0.627. The van der Waals surface area contributed by atoms with E-state index in [-0.39, 0.29) is 6.61 Å². The second kappa shape index (κ2) is 46.7. The van der Waals surface area contributed by atoms with Gasteiger partial charge >= 0.3 is 0 Å². The van der Waals surface area contributed by atoms with Gasteiger partial charge in [-0.25, -0.2) is 0 Å². The van der Waals surface area contributed by atoms with Gasteiger partial charge in [-0.1, -0.05) is 249 Å². The molecule has 1 rings (SSSR count). The van der Waals surface area contributed by atoms with Gasteiger partial charge < -0.3 is 45.4 Å². The molecule has 67 heavy (non-hydrogen) atoms. The molecule has 0 aromatic rings. The van der Waals surface area contributed by atoms with Crippen LogP contribution in [0.25, 0.3) is 0 Å². The molecule has 1 aliphatic heterocycles. The van der Waals surface area contributed by atoms with E-state index in [1.54, 1.807) is 6.08 Å². The first-order chi connectivity index (χ1) is 32.8. The number of rotatable bonds is 48. The second-order valence-electron chi connectivity index (χ2n) is 19.9. The van der Waals surface area contributed by atoms with E-state index in [0.717, 1.165) is 44.9 Å². The van der Waals surface area contributed by atoms with Gasteiger partial charge in [0, 0.05) is 0 Å². The van der Waals surface area contributed by atoms with E-state index in [9.17, 15) is 35.4 Å². The number of allylic oxidation sites excluding steroid dienone is 5. The molecular formula is C57H107NO9. The van der Waals surface area contributed by atoms with E-state index in [0.29, 0.717) is 19.3 Å². The molecule has 1 fully saturated rings. The van der Waals surface area contributed by atoms with Crippen molar-refractivity contribution >= 4 is 5.91 Å². The van der Waals surface area contributed by atoms with Gasteiger partial charge in [-0.2, -0.15) is 0 Å². The Balaban J connectivity index is 2.22. The smallest absolute Gasteiger partial charge is 0.249 e. The number of carbonyl (C=O) groups is 1. The summed E-state index contributed by atoms with van der Waals surface area (Å²) in [6.45, 7) is 3.59. The first kappa shape index (κ1) is 63.4. The van der Waals surface area contributed by atoms with Crippen molar-refractivity contribution in [1.82, 2.24) is 5.32 Å². The monoisotopic (exact) mass is 950 g/mol. The summed E-state index contributed by atoms with van der Waals surface area (Å²) >= 11 is 0. The summed E-state index contributed by atoms with van der Waals surface area (Å²) in [6, 6.07) is -1.00. The van der Waals surface area contributed by atoms with Crippen LogP contribution in [0.15, 0.2) is 36.5 Å². The van der Waals surface area contributed by atoms with Crippen molar-refractivity contribution in [3.05, 3.63) is 36.5 Å². The number of aliphatic hydroxyl groups is 6. The Bertz CT molecular complexity index is 1160. The third kappa shape index (κ3) is 36.0. The topological polar surface area (TPSA) is 169 Å². The highest BCUT2D eigenvalue weighted by Gasteiger charge is 2.44. The van der Waals surface area contributed by atoms with Crippen LogP contribution in [0.1, 0.15) is 258 Å². The molecule has 10 nitrogen and oxygen atoms in total. The third-order valence-corrected chi connectivity index (χ3v) is 13.6. The van der Waals surface area contributed by atoms with Crippen molar-refractivity contribution in [3.8, 4) is 0 Å². The van der Waals surface area contributed by atoms with Crippen LogP contribution in [0.3, 0.4) is 0 Å². The van der Waals surface area contributed by atoms with Crippen molar-refractivity contribution < 1.29 is 44.9 Å². The van der Waals surface area contributed by atoms with E-state index in [4.69, 9.17) is 9.47 Å². The fraction of sp³-hybridized carbons (Fsp3) is 0.877. The first-order valence-corrected chi connectivity index (χ1v) is 28.3. The molecule has 7 N–H and O–H groups in total. The maximum atomic E-state index is 13.1. The highest BCUT2D eigenvalue weighted by molar-refractivity contribution is 5.80. The van der Waals surface area contributed by atoms with Crippen molar-refractivity contribution in [3.63, 3.8) is 0 Å². The normalized spacial score (nSPS) is 20.4. The molecule has 1 saturated heterocycles. The molecule has 8 atom stereocenters. The number of aliphatic hydroxyl groups excluding tert-OH is 6. The predicted molar refractivity (Wildman–Crippen MR) is 278 cm³/mol. The van der Waals surface area contributed by atoms with Crippen LogP contribution in [0.4, 0.5) is 0 Å². The highest BCUT2D eigenvalue weighted by atomic mass is 16.7. The average Bonchev–Trinajstić information content (AvgIpc) is 3.33. The summed E-state index contributed by atoms with van der Waals surface area (Å²) in [6.07, 6.45) is 49.8. The maximum absolute atomic E-state index is 13.1. The molecule has 8 unspecified atom stereocenters. The fourth-order valence-corrected chi connectivity index (χ4v) is 8.96. The van der Waals surface area contributed by atoms with E-state index < -0.39 is 61.5 Å². The van der Waals surface area contributed by atoms with Gasteiger partial charge in [0.05, 0.1) is 25.4 Å². The minimum atomic E-state index is -1.62. The number of nitrogens with one attached hydrogen (secondary N) is 1. The van der Waals surface area contributed by atoms with E-state index in [1.165, 1.54) is 180 Å². The van der Waals surface area contributed by atoms with Crippen LogP contribution >= 0.6 is 0 Å². The molecule has 0 saturated carbocycles. The summed E-state index contributed by atoms with van der Waals surface area (Å²) in [7, 11) is 0. The Morgan fingerprint density at radius 3 is 1.30 bits per heavy atom. The maximum Gasteiger partial charge on any atom is 0.249 e. The Labute approximate surface area is 411 Å². The molecule has 0 aliphatic carbocycles. The van der Waals surface area contributed by atoms with Gasteiger partial charge in [0.1, 0.15) is 30.5 Å². The molecule has 0 aromatic carbocycles. The highest BCUT2D eigenvalue weighted by Crippen LogP contribution is 2.23. The summed E-state index contributed by atoms with van der Waals surface area (Å²) in [5.41, 5.74) is 0. The molecule has 10 heteroatoms. The number of amides is 1. The van der Waals surface area contributed by atoms with Crippen molar-refractivity contribution in [2.45, 2.75) is 307 Å². The van der Waals surface area contributed by atoms with Crippen LogP contribution in [-0.4, -0.2) is 98.7 Å². The van der Waals surface area contributed by atoms with Gasteiger partial charge in [-0.05, 0) is 44.9 Å². The first-order valence-electron chi connectivity index (χ1n) is 28.3. The molecular weight excluding hydrogens is 843 g/mol. The molecule has 0 bridgehead atoms. The van der Waals surface area contributed by atoms with Crippen LogP contribution in [0.5, 0.6) is 0 Å². The minimum Gasteiger partial charge on any atom is -0.394 e. The lowest BCUT2D eigenvalue weighted by atomic mass is 9.99. The molecule has 1 aliphatic rings. The van der Waals surface area contributed by atoms with E-state index in [1.807, 2.05) is 6.08 Å². The van der Waals surface area contributed by atoms with Gasteiger partial charge in [0.25, 0.3) is 0 Å². The molecule has 0 aromatic heterocycles. The van der Waals surface area contributed by atoms with Crippen LogP contribution in [0, 0.1) is 0 Å². The summed E-state index contributed by atoms with van der Waals surface area (Å²) in [4.78, 5) is 13.1. The minimum absolute atomic E-state index is 0.304. The van der Waals surface area contributed by atoms with E-state index in [2.05, 4.69) is 43.5 Å². The average molecular weight is 950 g/mol. The Kier molecular flexibility index (Phi) is 44.2. The molecule has 0 spiro atoms. The fourth-order valence-electron chi connectivity index (χ4n) is 8.96. The molecule has 1 heterocycles. The number of carbonyl (C=O) groups excluding carboxylic acids is 1. The van der Waals surface area contributed by atoms with Crippen molar-refractivity contribution in [1.29, 1.82) is 0 Å². The Morgan fingerprint density at radius 1 is 0.507 bits per heavy atom. The van der Waals surface area contributed by atoms with Crippen LogP contribution in [-0.2, 0) is 14.3 Å². The summed E-state index contributed by atoms with van der Waals surface area (Å²) < 4.78 is 11.2. The van der Waals surface area contributed by atoms with Crippen LogP contribution in [0.2, 0.25) is 0 Å². The molecule has 394 valence electrons. The van der Waals surface area contributed by atoms with Crippen molar-refractivity contribution in [2.75, 3.05) is 13.2 Å². The van der Waals surface area contributed by atoms with Gasteiger partial charge in [-0.15, -0.1) is 0 Å². The zero-order chi connectivity index (χ0) is 48.8. The zero-order valence-corrected chi connectivity index (χ0v) is 43.3. The second-order valence-corrected chi connectivity index (χ2v) is 19.9. The number of ether oxygens (including phenoxy) is 2. The summed E-state index contributed by atoms with van der Waals surface area (Å²) in [5, 5.41) is 64.9. The predicted octanol–water partition coefficient (Wildman–Crippen LogP) is 12.5. The lowest BCUT2D eigenvalue weighted by Gasteiger charge is -2.40. The quantitative estimate of drug-likeness (QED) is 0.0232. The van der Waals surface area contributed by atoms with Gasteiger partial charge in [0.15, 0.2) is 6.29 Å². The SMILES string of the molecule is CCCCCC/C=C/CC/C=C/CC/C=C/C(O)C(COC1OC(CO)C(O)C(O)C1O)NC(=O)C(O)CCCCCCCCCCCCCCCCCCCCCCCCCCCCCC. The van der Waals surface area contributed by atoms with Gasteiger partial charge in [0.2, 0.25) is 5.91 Å². The lowest BCUT2D eigenvalue weighted by Crippen LogP contribution is -2.60. The lowest BCUT2D eigenvalue weighted by molar-refractivity contribution is -0.302. The Morgan fingerprint density at radius 2 is 0.881 bits per heavy atom. The van der Waals surface area contributed by atoms with Crippen molar-refractivity contribution in [2.24, 2.45) is 0 Å². The Hall–Kier alpha value is -1.63. The number of hydrogen-bond donors (Lipinski definition) is 7. The largest absolute Gasteiger partial charge is 0.394 e. The molecule has 1 amide bonds. The molecule has 0 radical (unpaired) electrons. The zero-order valence-electron chi connectivity index (χ0n) is 43.3. The van der Waals surface area contributed by atoms with E-state index >= 15 is 0 Å². The third-order valence-electron chi connectivity index (χ3n) is 13.6. The van der Waals surface area contributed by atoms with Gasteiger partial charge in [-0.3, -0.25) is 4.79 Å². The standard InChI is InChI=1S/C57H107NO9/c1-3-5-7-9-11-13-15-17-19-20-21-22-23-24-25-26-27-28-29-30-31-32-34-36-38-40-42-44-46-51(61)56(65)58-49(48-66-57-55(64)54(63)53(62)52(47-59)67-57)50(60)45-43-41-39-37-35-33-18-16-14-12-10-8-6-4-2/h14,16,35,37,43,45,49-55,57,59-64H,3-13,15,17-34,36,38-42,44,46-48H2,1-2H3,(H,58,65)/b16-14+,37-35+,45-43+. The number of unbranched alkanes of at least 4 members (excludes halogenated alkanes) is 33.